The first-order valence-electron chi connectivity index (χ1n) is 9.38. The minimum atomic E-state index is -0.250. The van der Waals surface area contributed by atoms with E-state index in [1.807, 2.05) is 0 Å². The van der Waals surface area contributed by atoms with Crippen LogP contribution in [0.5, 0.6) is 0 Å². The zero-order valence-electron chi connectivity index (χ0n) is 15.9. The van der Waals surface area contributed by atoms with E-state index in [-0.39, 0.29) is 11.9 Å². The standard InChI is InChI=1S/C19H27FN6O/c1-3-21-19(22-12-17(27-2)14-4-6-16(20)7-5-14)26-10-8-15(9-11-26)18-23-13-24-25-18/h4-7,13,15,17H,3,8-12H2,1-2H3,(H,21,22)(H,23,24,25). The molecule has 8 heteroatoms. The van der Waals surface area contributed by atoms with E-state index in [1.54, 1.807) is 25.6 Å². The number of guanidine groups is 1. The number of aromatic nitrogens is 3. The molecule has 0 bridgehead atoms. The van der Waals surface area contributed by atoms with Gasteiger partial charge in [0.15, 0.2) is 5.96 Å². The monoisotopic (exact) mass is 374 g/mol. The minimum Gasteiger partial charge on any atom is -0.375 e. The van der Waals surface area contributed by atoms with Gasteiger partial charge in [0, 0.05) is 32.7 Å². The summed E-state index contributed by atoms with van der Waals surface area (Å²) >= 11 is 0. The van der Waals surface area contributed by atoms with Crippen LogP contribution in [0.2, 0.25) is 0 Å². The molecule has 27 heavy (non-hydrogen) atoms. The van der Waals surface area contributed by atoms with E-state index >= 15 is 0 Å². The quantitative estimate of drug-likeness (QED) is 0.600. The van der Waals surface area contributed by atoms with E-state index in [2.05, 4.69) is 32.3 Å². The van der Waals surface area contributed by atoms with Crippen LogP contribution in [0.25, 0.3) is 0 Å². The van der Waals surface area contributed by atoms with E-state index in [0.29, 0.717) is 12.5 Å². The summed E-state index contributed by atoms with van der Waals surface area (Å²) < 4.78 is 18.7. The number of likely N-dealkylation sites (tertiary alicyclic amines) is 1. The molecule has 146 valence electrons. The van der Waals surface area contributed by atoms with Crippen molar-refractivity contribution < 1.29 is 9.13 Å². The third-order valence-electron chi connectivity index (χ3n) is 4.88. The molecule has 0 saturated carbocycles. The third kappa shape index (κ3) is 5.03. The van der Waals surface area contributed by atoms with Gasteiger partial charge in [0.25, 0.3) is 0 Å². The molecule has 0 radical (unpaired) electrons. The van der Waals surface area contributed by atoms with Crippen LogP contribution < -0.4 is 5.32 Å². The van der Waals surface area contributed by atoms with Gasteiger partial charge in [-0.3, -0.25) is 10.1 Å². The number of nitrogens with zero attached hydrogens (tertiary/aromatic N) is 4. The first-order valence-corrected chi connectivity index (χ1v) is 9.38. The molecule has 2 heterocycles. The number of methoxy groups -OCH3 is 1. The van der Waals surface area contributed by atoms with E-state index in [0.717, 1.165) is 49.8 Å². The van der Waals surface area contributed by atoms with Crippen molar-refractivity contribution in [3.63, 3.8) is 0 Å². The summed E-state index contributed by atoms with van der Waals surface area (Å²) in [5.41, 5.74) is 0.919. The zero-order chi connectivity index (χ0) is 19.1. The lowest BCUT2D eigenvalue weighted by Gasteiger charge is -2.33. The van der Waals surface area contributed by atoms with Gasteiger partial charge in [-0.15, -0.1) is 0 Å². The number of hydrogen-bond acceptors (Lipinski definition) is 4. The number of H-pyrrole nitrogens is 1. The largest absolute Gasteiger partial charge is 0.375 e. The number of ether oxygens (including phenoxy) is 1. The van der Waals surface area contributed by atoms with Crippen molar-refractivity contribution in [2.75, 3.05) is 33.3 Å². The summed E-state index contributed by atoms with van der Waals surface area (Å²) in [6, 6.07) is 6.39. The van der Waals surface area contributed by atoms with Crippen LogP contribution in [0.1, 0.15) is 43.2 Å². The summed E-state index contributed by atoms with van der Waals surface area (Å²) in [7, 11) is 1.65. The van der Waals surface area contributed by atoms with E-state index in [4.69, 9.17) is 9.73 Å². The SMILES string of the molecule is CCNC(=NCC(OC)c1ccc(F)cc1)N1CCC(c2ncn[nH]2)CC1. The molecule has 1 aliphatic heterocycles. The van der Waals surface area contributed by atoms with Gasteiger partial charge in [-0.1, -0.05) is 12.1 Å². The molecule has 1 aromatic carbocycles. The minimum absolute atomic E-state index is 0.203. The Kier molecular flexibility index (Phi) is 6.75. The van der Waals surface area contributed by atoms with Crippen LogP contribution >= 0.6 is 0 Å². The first kappa shape index (κ1) is 19.3. The van der Waals surface area contributed by atoms with Crippen LogP contribution in [0, 0.1) is 5.82 Å². The Labute approximate surface area is 159 Å². The molecule has 3 rings (SSSR count). The van der Waals surface area contributed by atoms with Crippen molar-refractivity contribution >= 4 is 5.96 Å². The average Bonchev–Trinajstić information content (AvgIpc) is 3.24. The predicted molar refractivity (Wildman–Crippen MR) is 102 cm³/mol. The molecule has 1 atom stereocenters. The van der Waals surface area contributed by atoms with E-state index in [1.165, 1.54) is 12.1 Å². The lowest BCUT2D eigenvalue weighted by molar-refractivity contribution is 0.110. The number of rotatable bonds is 6. The summed E-state index contributed by atoms with van der Waals surface area (Å²) in [6.45, 7) is 5.16. The molecule has 0 spiro atoms. The third-order valence-corrected chi connectivity index (χ3v) is 4.88. The van der Waals surface area contributed by atoms with Gasteiger partial charge in [-0.05, 0) is 37.5 Å². The fraction of sp³-hybridized carbons (Fsp3) is 0.526. The normalized spacial score (nSPS) is 17.1. The van der Waals surface area contributed by atoms with Crippen molar-refractivity contribution in [2.45, 2.75) is 31.8 Å². The highest BCUT2D eigenvalue weighted by Crippen LogP contribution is 2.25. The number of benzene rings is 1. The van der Waals surface area contributed by atoms with Gasteiger partial charge >= 0.3 is 0 Å². The Morgan fingerprint density at radius 1 is 1.37 bits per heavy atom. The van der Waals surface area contributed by atoms with Crippen molar-refractivity contribution in [3.8, 4) is 0 Å². The Hall–Kier alpha value is -2.48. The van der Waals surface area contributed by atoms with Crippen molar-refractivity contribution in [3.05, 3.63) is 47.8 Å². The van der Waals surface area contributed by atoms with Gasteiger partial charge < -0.3 is 15.0 Å². The maximum absolute atomic E-state index is 13.1. The maximum atomic E-state index is 13.1. The number of aliphatic imine (C=N–C) groups is 1. The lowest BCUT2D eigenvalue weighted by Crippen LogP contribution is -2.45. The predicted octanol–water partition coefficient (Wildman–Crippen LogP) is 2.48. The van der Waals surface area contributed by atoms with Crippen molar-refractivity contribution in [1.29, 1.82) is 0 Å². The molecular formula is C19H27FN6O. The topological polar surface area (TPSA) is 78.4 Å². The molecule has 1 fully saturated rings. The fourth-order valence-electron chi connectivity index (χ4n) is 3.37. The first-order chi connectivity index (χ1) is 13.2. The molecule has 2 aromatic rings. The molecule has 0 aliphatic carbocycles. The fourth-order valence-corrected chi connectivity index (χ4v) is 3.37. The van der Waals surface area contributed by atoms with Crippen molar-refractivity contribution in [1.82, 2.24) is 25.4 Å². The Bertz CT molecular complexity index is 710. The van der Waals surface area contributed by atoms with Crippen LogP contribution in [-0.2, 0) is 4.74 Å². The molecule has 2 N–H and O–H groups in total. The van der Waals surface area contributed by atoms with Crippen LogP contribution in [0.3, 0.4) is 0 Å². The zero-order valence-corrected chi connectivity index (χ0v) is 15.9. The van der Waals surface area contributed by atoms with Gasteiger partial charge in [0.05, 0.1) is 6.54 Å². The summed E-state index contributed by atoms with van der Waals surface area (Å²) in [4.78, 5) is 11.3. The number of piperidine rings is 1. The average molecular weight is 374 g/mol. The number of hydrogen-bond donors (Lipinski definition) is 2. The summed E-state index contributed by atoms with van der Waals surface area (Å²) in [5, 5.41) is 10.3. The highest BCUT2D eigenvalue weighted by Gasteiger charge is 2.24. The Balaban J connectivity index is 1.63. The Morgan fingerprint density at radius 2 is 2.11 bits per heavy atom. The van der Waals surface area contributed by atoms with Gasteiger partial charge in [0.1, 0.15) is 24.1 Å². The van der Waals surface area contributed by atoms with E-state index < -0.39 is 0 Å². The Morgan fingerprint density at radius 3 is 2.70 bits per heavy atom. The molecule has 7 nitrogen and oxygen atoms in total. The molecule has 0 amide bonds. The molecular weight excluding hydrogens is 347 g/mol. The second-order valence-corrected chi connectivity index (χ2v) is 6.60. The van der Waals surface area contributed by atoms with Gasteiger partial charge in [0.2, 0.25) is 0 Å². The van der Waals surface area contributed by atoms with Crippen LogP contribution in [-0.4, -0.2) is 59.3 Å². The molecule has 1 aromatic heterocycles. The van der Waals surface area contributed by atoms with Crippen LogP contribution in [0.15, 0.2) is 35.6 Å². The smallest absolute Gasteiger partial charge is 0.194 e. The van der Waals surface area contributed by atoms with Crippen LogP contribution in [0.4, 0.5) is 4.39 Å². The highest BCUT2D eigenvalue weighted by molar-refractivity contribution is 5.80. The summed E-state index contributed by atoms with van der Waals surface area (Å²) in [6.07, 6.45) is 3.37. The second-order valence-electron chi connectivity index (χ2n) is 6.60. The number of nitrogens with one attached hydrogen (secondary N) is 2. The van der Waals surface area contributed by atoms with Gasteiger partial charge in [-0.25, -0.2) is 9.37 Å². The number of aromatic amines is 1. The second kappa shape index (κ2) is 9.45. The maximum Gasteiger partial charge on any atom is 0.194 e. The van der Waals surface area contributed by atoms with E-state index in [9.17, 15) is 4.39 Å². The highest BCUT2D eigenvalue weighted by atomic mass is 19.1. The molecule has 1 aliphatic rings. The molecule has 1 unspecified atom stereocenters. The van der Waals surface area contributed by atoms with Gasteiger partial charge in [-0.2, -0.15) is 5.10 Å². The lowest BCUT2D eigenvalue weighted by atomic mass is 9.96. The summed E-state index contributed by atoms with van der Waals surface area (Å²) in [5.74, 6) is 2.02. The number of halogens is 1. The van der Waals surface area contributed by atoms with Crippen molar-refractivity contribution in [2.24, 2.45) is 4.99 Å². The molecule has 1 saturated heterocycles.